The van der Waals surface area contributed by atoms with Crippen LogP contribution in [-0.4, -0.2) is 33.7 Å². The number of rotatable bonds is 6. The summed E-state index contributed by atoms with van der Waals surface area (Å²) in [5, 5.41) is 3.80. The molecule has 2 N–H and O–H groups in total. The van der Waals surface area contributed by atoms with Gasteiger partial charge in [-0.25, -0.2) is 17.9 Å². The number of carbonyl (C=O) groups excluding carboxylic acids is 1. The number of hydrogen-bond donors (Lipinski definition) is 2. The predicted octanol–water partition coefficient (Wildman–Crippen LogP) is 2.27. The van der Waals surface area contributed by atoms with Crippen molar-refractivity contribution in [3.8, 4) is 0 Å². The van der Waals surface area contributed by atoms with Crippen LogP contribution >= 0.6 is 0 Å². The van der Waals surface area contributed by atoms with Gasteiger partial charge in [-0.15, -0.1) is 0 Å². The fraction of sp³-hybridized carbons (Fsp3) is 0.438. The van der Waals surface area contributed by atoms with Gasteiger partial charge in [0.05, 0.1) is 0 Å². The lowest BCUT2D eigenvalue weighted by Crippen LogP contribution is -2.33. The van der Waals surface area contributed by atoms with Crippen molar-refractivity contribution in [1.82, 2.24) is 10.0 Å². The Morgan fingerprint density at radius 1 is 1.26 bits per heavy atom. The molecule has 0 aliphatic heterocycles. The quantitative estimate of drug-likeness (QED) is 0.832. The molecular formula is C16H24N2O4S. The van der Waals surface area contributed by atoms with Gasteiger partial charge in [0, 0.05) is 12.0 Å². The van der Waals surface area contributed by atoms with Crippen molar-refractivity contribution in [2.75, 3.05) is 13.6 Å². The van der Waals surface area contributed by atoms with Crippen LogP contribution in [0.5, 0.6) is 0 Å². The second-order valence-electron chi connectivity index (χ2n) is 5.93. The van der Waals surface area contributed by atoms with Gasteiger partial charge < -0.3 is 10.1 Å². The van der Waals surface area contributed by atoms with Crippen LogP contribution in [0.1, 0.15) is 31.9 Å². The Hall–Kier alpha value is -1.86. The standard InChI is InChI=1S/C16H24N2O4S/c1-16(2,3)22-15(19)18-11-9-13-7-5-6-8-14(13)10-12-23(20,21)17-4/h5-8,10,12,17H,9,11H2,1-4H3,(H,18,19)/b12-10+. The molecule has 0 fully saturated rings. The van der Waals surface area contributed by atoms with Crippen molar-refractivity contribution < 1.29 is 17.9 Å². The van der Waals surface area contributed by atoms with E-state index in [1.54, 1.807) is 20.8 Å². The number of hydrogen-bond acceptors (Lipinski definition) is 4. The van der Waals surface area contributed by atoms with Crippen LogP contribution in [0.25, 0.3) is 6.08 Å². The van der Waals surface area contributed by atoms with E-state index < -0.39 is 21.7 Å². The van der Waals surface area contributed by atoms with E-state index in [1.807, 2.05) is 24.3 Å². The molecular weight excluding hydrogens is 316 g/mol. The highest BCUT2D eigenvalue weighted by Gasteiger charge is 2.15. The number of carbonyl (C=O) groups is 1. The van der Waals surface area contributed by atoms with Gasteiger partial charge >= 0.3 is 6.09 Å². The van der Waals surface area contributed by atoms with E-state index in [4.69, 9.17) is 4.74 Å². The molecule has 0 aromatic heterocycles. The van der Waals surface area contributed by atoms with Gasteiger partial charge in [-0.1, -0.05) is 24.3 Å². The fourth-order valence-corrected chi connectivity index (χ4v) is 2.23. The summed E-state index contributed by atoms with van der Waals surface area (Å²) < 4.78 is 30.3. The lowest BCUT2D eigenvalue weighted by Gasteiger charge is -2.19. The average molecular weight is 340 g/mol. The Labute approximate surface area is 138 Å². The number of alkyl carbamates (subject to hydrolysis) is 1. The van der Waals surface area contributed by atoms with E-state index >= 15 is 0 Å². The maximum Gasteiger partial charge on any atom is 0.407 e. The Balaban J connectivity index is 2.67. The SMILES string of the molecule is CNS(=O)(=O)/C=C/c1ccccc1CCNC(=O)OC(C)(C)C. The third kappa shape index (κ3) is 7.80. The first-order valence-corrected chi connectivity index (χ1v) is 8.84. The second-order valence-corrected chi connectivity index (χ2v) is 7.70. The van der Waals surface area contributed by atoms with Crippen LogP contribution in [0.2, 0.25) is 0 Å². The highest BCUT2D eigenvalue weighted by molar-refractivity contribution is 7.92. The number of amides is 1. The average Bonchev–Trinajstić information content (AvgIpc) is 2.44. The van der Waals surface area contributed by atoms with Gasteiger partial charge in [-0.3, -0.25) is 0 Å². The minimum atomic E-state index is -3.41. The zero-order valence-electron chi connectivity index (χ0n) is 13.9. The molecule has 0 atom stereocenters. The monoisotopic (exact) mass is 340 g/mol. The maximum atomic E-state index is 11.6. The molecule has 0 heterocycles. The Kier molecular flexibility index (Phi) is 6.78. The van der Waals surface area contributed by atoms with Crippen molar-refractivity contribution in [3.63, 3.8) is 0 Å². The van der Waals surface area contributed by atoms with Crippen molar-refractivity contribution >= 4 is 22.2 Å². The van der Waals surface area contributed by atoms with Crippen LogP contribution < -0.4 is 10.0 Å². The second kappa shape index (κ2) is 8.12. The molecule has 6 nitrogen and oxygen atoms in total. The van der Waals surface area contributed by atoms with Gasteiger partial charge in [0.15, 0.2) is 0 Å². The smallest absolute Gasteiger partial charge is 0.407 e. The summed E-state index contributed by atoms with van der Waals surface area (Å²) in [4.78, 5) is 11.6. The van der Waals surface area contributed by atoms with Crippen molar-refractivity contribution in [1.29, 1.82) is 0 Å². The number of sulfonamides is 1. The third-order valence-corrected chi connectivity index (χ3v) is 3.89. The fourth-order valence-electron chi connectivity index (χ4n) is 1.77. The first kappa shape index (κ1) is 19.2. The minimum Gasteiger partial charge on any atom is -0.444 e. The largest absolute Gasteiger partial charge is 0.444 e. The van der Waals surface area contributed by atoms with Gasteiger partial charge in [0.2, 0.25) is 10.0 Å². The third-order valence-electron chi connectivity index (χ3n) is 2.83. The Morgan fingerprint density at radius 3 is 2.52 bits per heavy atom. The summed E-state index contributed by atoms with van der Waals surface area (Å²) in [6.45, 7) is 5.80. The van der Waals surface area contributed by atoms with Crippen molar-refractivity contribution in [2.45, 2.75) is 32.8 Å². The summed E-state index contributed by atoms with van der Waals surface area (Å²) in [6, 6.07) is 7.41. The van der Waals surface area contributed by atoms with E-state index in [9.17, 15) is 13.2 Å². The zero-order valence-corrected chi connectivity index (χ0v) is 14.7. The summed E-state index contributed by atoms with van der Waals surface area (Å²) in [5.74, 6) is 0. The lowest BCUT2D eigenvalue weighted by atomic mass is 10.0. The molecule has 0 radical (unpaired) electrons. The molecule has 1 aromatic rings. The summed E-state index contributed by atoms with van der Waals surface area (Å²) >= 11 is 0. The van der Waals surface area contributed by atoms with Gasteiger partial charge in [0.25, 0.3) is 0 Å². The van der Waals surface area contributed by atoms with Crippen molar-refractivity contribution in [2.24, 2.45) is 0 Å². The molecule has 0 aliphatic rings. The van der Waals surface area contributed by atoms with E-state index in [1.165, 1.54) is 13.1 Å². The van der Waals surface area contributed by atoms with Gasteiger partial charge in [-0.2, -0.15) is 0 Å². The molecule has 0 aliphatic carbocycles. The van der Waals surface area contributed by atoms with Crippen LogP contribution in [0.4, 0.5) is 4.79 Å². The summed E-state index contributed by atoms with van der Waals surface area (Å²) in [5.41, 5.74) is 1.19. The van der Waals surface area contributed by atoms with E-state index in [-0.39, 0.29) is 0 Å². The van der Waals surface area contributed by atoms with Crippen LogP contribution in [0.3, 0.4) is 0 Å². The molecule has 0 saturated heterocycles. The van der Waals surface area contributed by atoms with Gasteiger partial charge in [0.1, 0.15) is 5.60 Å². The molecule has 7 heteroatoms. The molecule has 1 aromatic carbocycles. The first-order valence-electron chi connectivity index (χ1n) is 7.29. The van der Waals surface area contributed by atoms with Crippen LogP contribution in [0, 0.1) is 0 Å². The number of nitrogens with one attached hydrogen (secondary N) is 2. The first-order chi connectivity index (χ1) is 10.6. The minimum absolute atomic E-state index is 0.401. The number of ether oxygens (including phenoxy) is 1. The molecule has 0 unspecified atom stereocenters. The van der Waals surface area contributed by atoms with E-state index in [2.05, 4.69) is 10.0 Å². The van der Waals surface area contributed by atoms with E-state index in [0.717, 1.165) is 16.5 Å². The Bertz CT molecular complexity index is 661. The molecule has 128 valence electrons. The molecule has 1 amide bonds. The predicted molar refractivity (Wildman–Crippen MR) is 91.4 cm³/mol. The van der Waals surface area contributed by atoms with E-state index in [0.29, 0.717) is 13.0 Å². The summed E-state index contributed by atoms with van der Waals surface area (Å²) in [6.07, 6.45) is 1.64. The molecule has 23 heavy (non-hydrogen) atoms. The van der Waals surface area contributed by atoms with Crippen molar-refractivity contribution in [3.05, 3.63) is 40.8 Å². The zero-order chi connectivity index (χ0) is 17.5. The molecule has 0 bridgehead atoms. The topological polar surface area (TPSA) is 84.5 Å². The highest BCUT2D eigenvalue weighted by Crippen LogP contribution is 2.12. The maximum absolute atomic E-state index is 11.6. The molecule has 1 rings (SSSR count). The molecule has 0 saturated carbocycles. The molecule has 0 spiro atoms. The summed E-state index contributed by atoms with van der Waals surface area (Å²) in [7, 11) is -2.05. The van der Waals surface area contributed by atoms with Gasteiger partial charge in [-0.05, 0) is 51.4 Å². The lowest BCUT2D eigenvalue weighted by molar-refractivity contribution is 0.0528. The van der Waals surface area contributed by atoms with Crippen LogP contribution in [0.15, 0.2) is 29.7 Å². The normalized spacial score (nSPS) is 12.3. The Morgan fingerprint density at radius 2 is 1.91 bits per heavy atom. The number of benzene rings is 1. The van der Waals surface area contributed by atoms with Crippen LogP contribution in [-0.2, 0) is 21.2 Å². The highest BCUT2D eigenvalue weighted by atomic mass is 32.2.